The van der Waals surface area contributed by atoms with Crippen molar-refractivity contribution in [2.75, 3.05) is 0 Å². The molecule has 0 bridgehead atoms. The first-order valence-electron chi connectivity index (χ1n) is 18.9. The number of hydrogen-bond donors (Lipinski definition) is 0. The van der Waals surface area contributed by atoms with E-state index < -0.39 is 27.2 Å². The number of aryl methyl sites for hydroxylation is 2. The molecule has 0 N–H and O–H groups in total. The Bertz CT molecular complexity index is 2640. The van der Waals surface area contributed by atoms with Gasteiger partial charge in [-0.1, -0.05) is 55.0 Å². The van der Waals surface area contributed by atoms with Crippen molar-refractivity contribution in [2.45, 2.75) is 63.6 Å². The van der Waals surface area contributed by atoms with Gasteiger partial charge in [0.1, 0.15) is 0 Å². The van der Waals surface area contributed by atoms with Crippen molar-refractivity contribution < 1.29 is 21.5 Å². The monoisotopic (exact) mass is 980 g/mol. The normalized spacial score (nSPS) is 13.2. The molecule has 2 nitrogen and oxygen atoms in total. The van der Waals surface area contributed by atoms with Crippen molar-refractivity contribution in [1.29, 1.82) is 0 Å². The summed E-state index contributed by atoms with van der Waals surface area (Å²) in [5.74, 6) is 6.48. The fourth-order valence-corrected chi connectivity index (χ4v) is 13.7. The van der Waals surface area contributed by atoms with Gasteiger partial charge in [0.25, 0.3) is 0 Å². The Morgan fingerprint density at radius 2 is 1.52 bits per heavy atom. The van der Waals surface area contributed by atoms with Gasteiger partial charge < -0.3 is 4.98 Å². The van der Waals surface area contributed by atoms with Gasteiger partial charge in [-0.3, -0.25) is 0 Å². The predicted molar refractivity (Wildman–Crippen MR) is 237 cm³/mol. The average Bonchev–Trinajstić information content (AvgIpc) is 3.53. The molecule has 3 heterocycles. The van der Waals surface area contributed by atoms with Crippen molar-refractivity contribution in [3.05, 3.63) is 156 Å². The van der Waals surface area contributed by atoms with Crippen LogP contribution in [0.2, 0.25) is 36.9 Å². The molecule has 0 saturated heterocycles. The molecule has 275 valence electrons. The van der Waals surface area contributed by atoms with Crippen LogP contribution in [0.15, 0.2) is 122 Å². The minimum Gasteiger partial charge on any atom is 0 e. The van der Waals surface area contributed by atoms with Crippen LogP contribution in [0.25, 0.3) is 53.5 Å². The first kappa shape index (κ1) is 38.6. The Labute approximate surface area is 344 Å². The molecule has 0 saturated carbocycles. The molecule has 8 rings (SSSR count). The summed E-state index contributed by atoms with van der Waals surface area (Å²) in [7, 11) is -1.27. The molecule has 3 aromatic heterocycles. The van der Waals surface area contributed by atoms with Gasteiger partial charge in [0.2, 0.25) is 0 Å². The zero-order chi connectivity index (χ0) is 38.4. The smallest absolute Gasteiger partial charge is 0 e. The Kier molecular flexibility index (Phi) is 11.6. The van der Waals surface area contributed by atoms with Crippen LogP contribution in [0.5, 0.6) is 0 Å². The average molecular weight is 979 g/mol. The minimum atomic E-state index is -2.06. The molecule has 0 fully saturated rings. The zero-order valence-electron chi connectivity index (χ0n) is 33.7. The van der Waals surface area contributed by atoms with Crippen molar-refractivity contribution in [3.63, 3.8) is 0 Å². The largest absolute Gasteiger partial charge is 0 e. The van der Waals surface area contributed by atoms with Crippen molar-refractivity contribution in [2.24, 2.45) is 0 Å². The maximum Gasteiger partial charge on any atom is 0 e. The number of nitrogens with zero attached hydrogens (tertiary/aromatic N) is 2. The van der Waals surface area contributed by atoms with Gasteiger partial charge in [0.15, 0.2) is 0 Å². The molecular formula is C48H48GeIrN2SSi-2. The standard InChI is InChI=1S/C33H30GeNS.C15H18NSi.Ir/c1-21-12-13-26-19-23(14-15-25(26)18-21)22(2)24-16-17-35-30(20-24)27-8-6-9-28-32-29(34(3,4)5)10-7-11-31(32)36-33(27)28;1-12-10-14(13-8-6-5-7-9-13)16-11-15(12)17(2,3)4;/h6-7,9-20,22H,1-5H3;5-8,10-11H,1-4H3;/q2*-1;/i22D;;. The molecule has 5 aromatic carbocycles. The number of fused-ring (bicyclic) bond motifs is 4. The molecule has 0 aliphatic heterocycles. The quantitative estimate of drug-likeness (QED) is 0.123. The second kappa shape index (κ2) is 16.2. The summed E-state index contributed by atoms with van der Waals surface area (Å²) < 4.78 is 13.5. The van der Waals surface area contributed by atoms with E-state index in [0.29, 0.717) is 0 Å². The van der Waals surface area contributed by atoms with Gasteiger partial charge in [-0.15, -0.1) is 35.9 Å². The van der Waals surface area contributed by atoms with Crippen LogP contribution in [-0.4, -0.2) is 31.3 Å². The molecule has 54 heavy (non-hydrogen) atoms. The molecule has 1 atom stereocenters. The molecule has 0 aliphatic rings. The SMILES string of the molecule is Cc1cc(-c2[c-]cccc2)ncc1[Si](C)(C)C.[2H]C(C)(c1ccnc(-c2[c-]ccc3c2sc2ccc[c]([Ge]([CH3])([CH3])[CH3])c23)c1)c1ccc2cc(C)ccc2c1.[Ir]. The number of aromatic nitrogens is 2. The van der Waals surface area contributed by atoms with Crippen LogP contribution in [0.1, 0.15) is 36.4 Å². The summed E-state index contributed by atoms with van der Waals surface area (Å²) in [6.45, 7) is 13.3. The van der Waals surface area contributed by atoms with E-state index in [1.807, 2.05) is 54.8 Å². The maximum atomic E-state index is 9.40. The summed E-state index contributed by atoms with van der Waals surface area (Å²) in [5, 5.41) is 6.53. The van der Waals surface area contributed by atoms with Gasteiger partial charge in [0, 0.05) is 26.3 Å². The molecule has 6 heteroatoms. The van der Waals surface area contributed by atoms with E-state index in [-0.39, 0.29) is 20.1 Å². The van der Waals surface area contributed by atoms with E-state index in [1.165, 1.54) is 47.3 Å². The summed E-state index contributed by atoms with van der Waals surface area (Å²) in [6, 6.07) is 44.8. The first-order chi connectivity index (χ1) is 25.6. The van der Waals surface area contributed by atoms with Crippen LogP contribution < -0.4 is 9.58 Å². The first-order valence-corrected chi connectivity index (χ1v) is 30.1. The molecule has 1 radical (unpaired) electrons. The summed E-state index contributed by atoms with van der Waals surface area (Å²) in [4.78, 5) is 9.35. The summed E-state index contributed by atoms with van der Waals surface area (Å²) >= 11 is -0.224. The Balaban J connectivity index is 0.000000241. The van der Waals surface area contributed by atoms with Gasteiger partial charge in [-0.2, -0.15) is 0 Å². The summed E-state index contributed by atoms with van der Waals surface area (Å²) in [6.07, 6.45) is 3.90. The third-order valence-corrected chi connectivity index (χ3v) is 17.6. The second-order valence-corrected chi connectivity index (χ2v) is 32.8. The van der Waals surface area contributed by atoms with Crippen LogP contribution in [-0.2, 0) is 20.1 Å². The van der Waals surface area contributed by atoms with Crippen LogP contribution in [0.3, 0.4) is 0 Å². The Hall–Kier alpha value is -3.71. The Morgan fingerprint density at radius 1 is 0.759 bits per heavy atom. The van der Waals surface area contributed by atoms with Gasteiger partial charge >= 0.3 is 186 Å². The van der Waals surface area contributed by atoms with Crippen molar-refractivity contribution >= 4 is 73.2 Å². The third-order valence-electron chi connectivity index (χ3n) is 10.0. The Morgan fingerprint density at radius 3 is 2.24 bits per heavy atom. The van der Waals surface area contributed by atoms with E-state index in [2.05, 4.69) is 153 Å². The van der Waals surface area contributed by atoms with Crippen LogP contribution in [0.4, 0.5) is 0 Å². The molecule has 0 aliphatic carbocycles. The number of pyridine rings is 2. The van der Waals surface area contributed by atoms with E-state index in [1.54, 1.807) is 4.40 Å². The molecule has 1 unspecified atom stereocenters. The van der Waals surface area contributed by atoms with Crippen molar-refractivity contribution in [1.82, 2.24) is 9.97 Å². The number of hydrogen-bond acceptors (Lipinski definition) is 3. The van der Waals surface area contributed by atoms with E-state index >= 15 is 0 Å². The fourth-order valence-electron chi connectivity index (χ4n) is 7.21. The second-order valence-electron chi connectivity index (χ2n) is 16.2. The molecule has 8 aromatic rings. The minimum absolute atomic E-state index is 0. The predicted octanol–water partition coefficient (Wildman–Crippen LogP) is 12.5. The van der Waals surface area contributed by atoms with Crippen molar-refractivity contribution in [3.8, 4) is 22.5 Å². The molecule has 0 spiro atoms. The van der Waals surface area contributed by atoms with Crippen LogP contribution >= 0.6 is 11.3 Å². The number of benzene rings is 5. The van der Waals surface area contributed by atoms with Gasteiger partial charge in [-0.05, 0) is 30.1 Å². The van der Waals surface area contributed by atoms with Crippen LogP contribution in [0, 0.1) is 26.0 Å². The molecular weight excluding hydrogens is 930 g/mol. The molecule has 0 amide bonds. The number of thiophene rings is 1. The van der Waals surface area contributed by atoms with E-state index in [9.17, 15) is 1.37 Å². The van der Waals surface area contributed by atoms with Gasteiger partial charge in [-0.25, -0.2) is 0 Å². The van der Waals surface area contributed by atoms with E-state index in [0.717, 1.165) is 33.6 Å². The fraction of sp³-hybridized carbons (Fsp3) is 0.208. The van der Waals surface area contributed by atoms with Gasteiger partial charge in [0.05, 0.1) is 8.07 Å². The maximum absolute atomic E-state index is 9.40. The van der Waals surface area contributed by atoms with E-state index in [4.69, 9.17) is 4.98 Å². The zero-order valence-corrected chi connectivity index (χ0v) is 39.0. The summed E-state index contributed by atoms with van der Waals surface area (Å²) in [5.41, 5.74) is 8.50. The third kappa shape index (κ3) is 8.41. The number of rotatable bonds is 6. The topological polar surface area (TPSA) is 25.8 Å².